The minimum Gasteiger partial charge on any atom is -0.379 e. The zero-order chi connectivity index (χ0) is 28.9. The number of amides is 1. The van der Waals surface area contributed by atoms with Gasteiger partial charge in [-0.3, -0.25) is 9.36 Å². The molecule has 40 heavy (non-hydrogen) atoms. The number of ether oxygens (including phenoxy) is 1. The predicted octanol–water partition coefficient (Wildman–Crippen LogP) is 4.97. The highest BCUT2D eigenvalue weighted by Crippen LogP contribution is 2.49. The van der Waals surface area contributed by atoms with Crippen molar-refractivity contribution < 1.29 is 31.5 Å². The second-order valence-corrected chi connectivity index (χ2v) is 10.7. The molecule has 2 aromatic carbocycles. The molecule has 0 spiro atoms. The summed E-state index contributed by atoms with van der Waals surface area (Å²) in [5, 5.41) is -0.517. The van der Waals surface area contributed by atoms with Crippen molar-refractivity contribution in [1.82, 2.24) is 14.5 Å². The second kappa shape index (κ2) is 10.7. The molecule has 7 nitrogen and oxygen atoms in total. The monoisotopic (exact) mass is 600 g/mol. The molecule has 212 valence electrons. The van der Waals surface area contributed by atoms with E-state index in [0.717, 1.165) is 23.9 Å². The van der Waals surface area contributed by atoms with Gasteiger partial charge in [-0.2, -0.15) is 18.2 Å². The molecule has 1 saturated heterocycles. The number of methoxy groups -OCH3 is 1. The molecule has 0 bridgehead atoms. The number of thioether (sulfide) groups is 1. The van der Waals surface area contributed by atoms with E-state index in [1.165, 1.54) is 22.7 Å². The van der Waals surface area contributed by atoms with Gasteiger partial charge in [0.2, 0.25) is 5.91 Å². The van der Waals surface area contributed by atoms with Gasteiger partial charge in [0.15, 0.2) is 0 Å². The minimum absolute atomic E-state index is 0.00180. The summed E-state index contributed by atoms with van der Waals surface area (Å²) in [6, 6.07) is 2.10. The normalized spacial score (nSPS) is 17.7. The fraction of sp³-hybridized carbons (Fsp3) is 0.346. The van der Waals surface area contributed by atoms with E-state index in [9.17, 15) is 27.2 Å². The molecule has 1 amide bonds. The maximum atomic E-state index is 15.1. The molecule has 1 aromatic heterocycles. The largest absolute Gasteiger partial charge is 0.417 e. The Morgan fingerprint density at radius 2 is 1.88 bits per heavy atom. The fourth-order valence-corrected chi connectivity index (χ4v) is 6.47. The number of halogens is 6. The zero-order valence-electron chi connectivity index (χ0n) is 21.0. The molecular formula is C26H22ClF5N4O3S. The number of nitrogens with zero attached hydrogens (tertiary/aromatic N) is 4. The number of carbonyl (C=O) groups excluding carboxylic acids is 1. The van der Waals surface area contributed by atoms with Crippen LogP contribution < -0.4 is 10.6 Å². The Labute approximate surface area is 234 Å². The molecule has 3 heterocycles. The molecule has 2 aliphatic rings. The van der Waals surface area contributed by atoms with E-state index in [-0.39, 0.29) is 66.0 Å². The highest BCUT2D eigenvalue weighted by atomic mass is 35.5. The standard InChI is InChI=1S/C26H22ClF5N4O3S/c1-3-20(37)34-4-6-35(7-5-34)24-15-8-16(26(30,31)32)21(14-9-17(27)19(29)10-18(14)28)23-22(15)36(25(38)33-24)11-13(39-2)12-40-23/h3,8-10,13H,1,4-7,11-12H2,2H3. The van der Waals surface area contributed by atoms with E-state index < -0.39 is 51.3 Å². The molecule has 0 N–H and O–H groups in total. The lowest BCUT2D eigenvalue weighted by molar-refractivity contribution is -0.137. The van der Waals surface area contributed by atoms with Gasteiger partial charge >= 0.3 is 11.9 Å². The summed E-state index contributed by atoms with van der Waals surface area (Å²) in [6.07, 6.45) is -4.36. The van der Waals surface area contributed by atoms with E-state index in [2.05, 4.69) is 11.6 Å². The molecule has 0 radical (unpaired) electrons. The van der Waals surface area contributed by atoms with Gasteiger partial charge in [-0.15, -0.1) is 11.8 Å². The zero-order valence-corrected chi connectivity index (χ0v) is 22.6. The number of rotatable bonds is 4. The van der Waals surface area contributed by atoms with Gasteiger partial charge in [0.25, 0.3) is 0 Å². The van der Waals surface area contributed by atoms with Crippen molar-refractivity contribution in [2.75, 3.05) is 43.9 Å². The first-order valence-electron chi connectivity index (χ1n) is 12.1. The van der Waals surface area contributed by atoms with Crippen molar-refractivity contribution in [3.63, 3.8) is 0 Å². The minimum atomic E-state index is -4.96. The Bertz CT molecular complexity index is 1590. The third-order valence-corrected chi connectivity index (χ3v) is 8.50. The van der Waals surface area contributed by atoms with Crippen molar-refractivity contribution >= 4 is 46.0 Å². The van der Waals surface area contributed by atoms with Gasteiger partial charge in [-0.25, -0.2) is 13.6 Å². The van der Waals surface area contributed by atoms with Crippen molar-refractivity contribution in [2.45, 2.75) is 23.7 Å². The van der Waals surface area contributed by atoms with Gasteiger partial charge in [0, 0.05) is 66.5 Å². The maximum Gasteiger partial charge on any atom is 0.417 e. The summed E-state index contributed by atoms with van der Waals surface area (Å²) in [5.74, 6) is -2.47. The van der Waals surface area contributed by atoms with Crippen LogP contribution in [-0.2, 0) is 22.3 Å². The van der Waals surface area contributed by atoms with Crippen LogP contribution in [0.5, 0.6) is 0 Å². The number of aromatic nitrogens is 2. The lowest BCUT2D eigenvalue weighted by Gasteiger charge is -2.35. The van der Waals surface area contributed by atoms with Crippen LogP contribution in [0.25, 0.3) is 22.0 Å². The Kier molecular flexibility index (Phi) is 7.57. The highest BCUT2D eigenvalue weighted by molar-refractivity contribution is 7.99. The summed E-state index contributed by atoms with van der Waals surface area (Å²) >= 11 is 6.86. The van der Waals surface area contributed by atoms with E-state index in [1.54, 1.807) is 4.90 Å². The number of hydrogen-bond donors (Lipinski definition) is 0. The van der Waals surface area contributed by atoms with Crippen LogP contribution in [-0.4, -0.2) is 65.5 Å². The van der Waals surface area contributed by atoms with Crippen molar-refractivity contribution in [1.29, 1.82) is 0 Å². The van der Waals surface area contributed by atoms with Gasteiger partial charge < -0.3 is 14.5 Å². The quantitative estimate of drug-likeness (QED) is 0.239. The van der Waals surface area contributed by atoms with Gasteiger partial charge in [-0.1, -0.05) is 18.2 Å². The molecule has 5 rings (SSSR count). The van der Waals surface area contributed by atoms with Crippen LogP contribution in [0.15, 0.2) is 40.5 Å². The van der Waals surface area contributed by atoms with Crippen molar-refractivity contribution in [3.05, 3.63) is 63.6 Å². The number of anilines is 1. The lowest BCUT2D eigenvalue weighted by atomic mass is 9.95. The number of benzene rings is 2. The second-order valence-electron chi connectivity index (χ2n) is 9.28. The molecule has 2 aliphatic heterocycles. The fourth-order valence-electron chi connectivity index (χ4n) is 4.99. The van der Waals surface area contributed by atoms with E-state index in [4.69, 9.17) is 16.3 Å². The molecule has 0 aliphatic carbocycles. The third-order valence-electron chi connectivity index (χ3n) is 6.98. The average Bonchev–Trinajstić information content (AvgIpc) is 3.12. The van der Waals surface area contributed by atoms with Gasteiger partial charge in [0.1, 0.15) is 17.5 Å². The van der Waals surface area contributed by atoms with Crippen LogP contribution in [0.1, 0.15) is 5.56 Å². The summed E-state index contributed by atoms with van der Waals surface area (Å²) < 4.78 is 79.8. The summed E-state index contributed by atoms with van der Waals surface area (Å²) in [5.41, 5.74) is -2.87. The first-order chi connectivity index (χ1) is 18.9. The van der Waals surface area contributed by atoms with Gasteiger partial charge in [0.05, 0.1) is 28.8 Å². The topological polar surface area (TPSA) is 67.7 Å². The first kappa shape index (κ1) is 28.4. The van der Waals surface area contributed by atoms with Crippen molar-refractivity contribution in [3.8, 4) is 11.1 Å². The first-order valence-corrected chi connectivity index (χ1v) is 13.5. The smallest absolute Gasteiger partial charge is 0.379 e. The lowest BCUT2D eigenvalue weighted by Crippen LogP contribution is -2.49. The van der Waals surface area contributed by atoms with Crippen LogP contribution in [0.2, 0.25) is 5.02 Å². The number of alkyl halides is 3. The molecule has 0 saturated carbocycles. The number of carbonyl (C=O) groups is 1. The number of hydrogen-bond acceptors (Lipinski definition) is 6. The van der Waals surface area contributed by atoms with Crippen molar-refractivity contribution in [2.24, 2.45) is 0 Å². The SMILES string of the molecule is C=CC(=O)N1CCN(c2nc(=O)n3c4c(c(-c5cc(Cl)c(F)cc5F)c(C(F)(F)F)cc24)SCC(OC)C3)CC1. The van der Waals surface area contributed by atoms with Crippen LogP contribution in [0.4, 0.5) is 27.8 Å². The molecule has 14 heteroatoms. The van der Waals surface area contributed by atoms with E-state index >= 15 is 4.39 Å². The molecular weight excluding hydrogens is 579 g/mol. The summed E-state index contributed by atoms with van der Waals surface area (Å²) in [6.45, 7) is 4.37. The Morgan fingerprint density at radius 1 is 1.18 bits per heavy atom. The maximum absolute atomic E-state index is 15.1. The molecule has 1 atom stereocenters. The Balaban J connectivity index is 1.83. The number of piperazine rings is 1. The highest BCUT2D eigenvalue weighted by Gasteiger charge is 2.39. The van der Waals surface area contributed by atoms with E-state index in [1.807, 2.05) is 0 Å². The summed E-state index contributed by atoms with van der Waals surface area (Å²) in [7, 11) is 1.41. The predicted molar refractivity (Wildman–Crippen MR) is 142 cm³/mol. The molecule has 3 aromatic rings. The molecule has 1 unspecified atom stereocenters. The van der Waals surface area contributed by atoms with E-state index in [0.29, 0.717) is 6.07 Å². The molecule has 1 fully saturated rings. The Morgan fingerprint density at radius 3 is 2.50 bits per heavy atom. The average molecular weight is 601 g/mol. The van der Waals surface area contributed by atoms with Crippen LogP contribution >= 0.6 is 23.4 Å². The van der Waals surface area contributed by atoms with Crippen LogP contribution in [0, 0.1) is 11.6 Å². The van der Waals surface area contributed by atoms with Gasteiger partial charge in [-0.05, 0) is 18.2 Å². The van der Waals surface area contributed by atoms with Crippen LogP contribution in [0.3, 0.4) is 0 Å². The third kappa shape index (κ3) is 4.94. The Hall–Kier alpha value is -3.16. The summed E-state index contributed by atoms with van der Waals surface area (Å²) in [4.78, 5) is 32.7.